The van der Waals surface area contributed by atoms with Gasteiger partial charge in [0.2, 0.25) is 0 Å². The van der Waals surface area contributed by atoms with Crippen molar-refractivity contribution < 1.29 is 14.8 Å². The smallest absolute Gasteiger partial charge is 0.422 e. The summed E-state index contributed by atoms with van der Waals surface area (Å²) in [4.78, 5) is 14.4. The van der Waals surface area contributed by atoms with E-state index in [4.69, 9.17) is 4.74 Å². The number of aromatic nitrogens is 2. The summed E-state index contributed by atoms with van der Waals surface area (Å²) in [6.45, 7) is 6.39. The van der Waals surface area contributed by atoms with Crippen molar-refractivity contribution in [2.45, 2.75) is 19.9 Å². The van der Waals surface area contributed by atoms with Gasteiger partial charge in [0, 0.05) is 19.5 Å². The van der Waals surface area contributed by atoms with Gasteiger partial charge in [-0.25, -0.2) is 4.68 Å². The first-order valence-electron chi connectivity index (χ1n) is 7.10. The Bertz CT molecular complexity index is 616. The monoisotopic (exact) mass is 293 g/mol. The van der Waals surface area contributed by atoms with E-state index in [1.165, 1.54) is 13.1 Å². The highest BCUT2D eigenvalue weighted by Crippen LogP contribution is 2.44. The molecule has 1 aromatic heterocycles. The molecule has 7 nitrogen and oxygen atoms in total. The van der Waals surface area contributed by atoms with Crippen molar-refractivity contribution in [2.75, 3.05) is 24.7 Å². The molecule has 0 amide bonds. The maximum atomic E-state index is 12.4. The topological polar surface area (TPSA) is 87.8 Å². The lowest BCUT2D eigenvalue weighted by Crippen LogP contribution is -2.44. The minimum absolute atomic E-state index is 0.0490. The second-order valence-electron chi connectivity index (χ2n) is 6.58. The van der Waals surface area contributed by atoms with E-state index in [0.717, 1.165) is 11.2 Å². The lowest BCUT2D eigenvalue weighted by atomic mass is 9.80. The molecule has 0 bridgehead atoms. The molecular formula is C13H20BN3O4. The zero-order chi connectivity index (χ0) is 15.4. The normalized spacial score (nSPS) is 27.0. The average Bonchev–Trinajstić information content (AvgIpc) is 2.96. The minimum Gasteiger partial charge on any atom is -0.422 e. The molecule has 3 rings (SSSR count). The van der Waals surface area contributed by atoms with Gasteiger partial charge in [0.25, 0.3) is 5.56 Å². The Morgan fingerprint density at radius 1 is 1.43 bits per heavy atom. The number of rotatable bonds is 2. The number of hydrogen-bond donors (Lipinski definition) is 2. The van der Waals surface area contributed by atoms with Gasteiger partial charge in [0.05, 0.1) is 24.8 Å². The second-order valence-corrected chi connectivity index (χ2v) is 6.58. The molecule has 1 aromatic rings. The predicted octanol–water partition coefficient (Wildman–Crippen LogP) is -1.68. The van der Waals surface area contributed by atoms with Crippen LogP contribution in [0.2, 0.25) is 0 Å². The van der Waals surface area contributed by atoms with Gasteiger partial charge >= 0.3 is 7.12 Å². The number of aryl methyl sites for hydroxylation is 1. The molecule has 0 aliphatic carbocycles. The highest BCUT2D eigenvalue weighted by Gasteiger charge is 2.50. The van der Waals surface area contributed by atoms with E-state index in [2.05, 4.69) is 18.9 Å². The van der Waals surface area contributed by atoms with Crippen molar-refractivity contribution in [3.8, 4) is 0 Å². The molecule has 2 fully saturated rings. The molecular weight excluding hydrogens is 273 g/mol. The third-order valence-electron chi connectivity index (χ3n) is 4.67. The average molecular weight is 293 g/mol. The summed E-state index contributed by atoms with van der Waals surface area (Å²) in [5.74, 6) is 0.373. The fourth-order valence-corrected chi connectivity index (χ4v) is 3.48. The van der Waals surface area contributed by atoms with Crippen molar-refractivity contribution in [3.63, 3.8) is 0 Å². The minimum atomic E-state index is -1.69. The molecule has 0 aromatic carbocycles. The molecule has 114 valence electrons. The van der Waals surface area contributed by atoms with Crippen LogP contribution in [0, 0.1) is 11.3 Å². The van der Waals surface area contributed by atoms with Gasteiger partial charge < -0.3 is 19.7 Å². The van der Waals surface area contributed by atoms with E-state index in [-0.39, 0.29) is 22.6 Å². The number of ether oxygens (including phenoxy) is 1. The lowest BCUT2D eigenvalue weighted by molar-refractivity contribution is 0.149. The van der Waals surface area contributed by atoms with Crippen molar-refractivity contribution >= 4 is 18.4 Å². The van der Waals surface area contributed by atoms with Gasteiger partial charge in [0.15, 0.2) is 0 Å². The summed E-state index contributed by atoms with van der Waals surface area (Å²) < 4.78 is 6.73. The van der Waals surface area contributed by atoms with Crippen molar-refractivity contribution in [1.29, 1.82) is 0 Å². The van der Waals surface area contributed by atoms with Crippen LogP contribution in [0.3, 0.4) is 0 Å². The summed E-state index contributed by atoms with van der Waals surface area (Å²) in [7, 11) is -0.177. The first-order valence-corrected chi connectivity index (χ1v) is 7.10. The largest absolute Gasteiger partial charge is 0.510 e. The van der Waals surface area contributed by atoms with Crippen LogP contribution in [0.4, 0.5) is 5.69 Å². The van der Waals surface area contributed by atoms with E-state index >= 15 is 0 Å². The standard InChI is InChI=1S/C13H20BN3O4/c1-13(2)7-17(10-6-21-5-8(10)13)9-4-11(14(19)20)15-16(3)12(9)18/h4,8,10,19-20H,5-7H2,1-3H3/t8-,10+/m0/s1. The van der Waals surface area contributed by atoms with Crippen LogP contribution in [0.5, 0.6) is 0 Å². The SMILES string of the molecule is Cn1nc(B(O)O)cc(N2CC(C)(C)[C@H]3COC[C@H]32)c1=O. The van der Waals surface area contributed by atoms with Gasteiger partial charge in [-0.2, -0.15) is 5.10 Å². The Hall–Kier alpha value is -1.38. The molecule has 2 aliphatic heterocycles. The molecule has 0 saturated carbocycles. The molecule has 0 radical (unpaired) electrons. The highest BCUT2D eigenvalue weighted by atomic mass is 16.5. The van der Waals surface area contributed by atoms with E-state index in [1.807, 2.05) is 4.90 Å². The summed E-state index contributed by atoms with van der Waals surface area (Å²) in [6.07, 6.45) is 0. The Kier molecular flexibility index (Phi) is 3.35. The van der Waals surface area contributed by atoms with Crippen LogP contribution in [-0.4, -0.2) is 52.7 Å². The summed E-state index contributed by atoms with van der Waals surface area (Å²) in [5.41, 5.74) is 0.352. The van der Waals surface area contributed by atoms with E-state index in [1.54, 1.807) is 0 Å². The zero-order valence-corrected chi connectivity index (χ0v) is 12.5. The van der Waals surface area contributed by atoms with Crippen molar-refractivity contribution in [1.82, 2.24) is 9.78 Å². The Morgan fingerprint density at radius 3 is 2.81 bits per heavy atom. The molecule has 2 N–H and O–H groups in total. The van der Waals surface area contributed by atoms with Crippen LogP contribution in [0.1, 0.15) is 13.8 Å². The number of hydrogen-bond acceptors (Lipinski definition) is 6. The van der Waals surface area contributed by atoms with Crippen LogP contribution < -0.4 is 16.1 Å². The van der Waals surface area contributed by atoms with Gasteiger partial charge in [-0.05, 0) is 11.5 Å². The lowest BCUT2D eigenvalue weighted by Gasteiger charge is -2.25. The number of fused-ring (bicyclic) bond motifs is 1. The van der Waals surface area contributed by atoms with Gasteiger partial charge in [-0.15, -0.1) is 0 Å². The van der Waals surface area contributed by atoms with E-state index in [0.29, 0.717) is 24.8 Å². The molecule has 8 heteroatoms. The maximum absolute atomic E-state index is 12.4. The Labute approximate surface area is 123 Å². The Morgan fingerprint density at radius 2 is 2.14 bits per heavy atom. The number of nitrogens with zero attached hydrogens (tertiary/aromatic N) is 3. The molecule has 21 heavy (non-hydrogen) atoms. The third-order valence-corrected chi connectivity index (χ3v) is 4.67. The molecule has 3 heterocycles. The van der Waals surface area contributed by atoms with Crippen LogP contribution in [0.25, 0.3) is 0 Å². The summed E-state index contributed by atoms with van der Waals surface area (Å²) in [6, 6.07) is 1.63. The zero-order valence-electron chi connectivity index (χ0n) is 12.5. The van der Waals surface area contributed by atoms with Crippen LogP contribution in [-0.2, 0) is 11.8 Å². The molecule has 0 spiro atoms. The fourth-order valence-electron chi connectivity index (χ4n) is 3.48. The quantitative estimate of drug-likeness (QED) is 0.633. The Balaban J connectivity index is 2.06. The molecule has 2 saturated heterocycles. The van der Waals surface area contributed by atoms with Crippen LogP contribution >= 0.6 is 0 Å². The molecule has 2 aliphatic rings. The van der Waals surface area contributed by atoms with E-state index in [9.17, 15) is 14.8 Å². The van der Waals surface area contributed by atoms with Gasteiger partial charge in [-0.3, -0.25) is 4.79 Å². The second kappa shape index (κ2) is 4.83. The van der Waals surface area contributed by atoms with Crippen molar-refractivity contribution in [2.24, 2.45) is 18.4 Å². The maximum Gasteiger partial charge on any atom is 0.510 e. The van der Waals surface area contributed by atoms with Gasteiger partial charge in [-0.1, -0.05) is 13.8 Å². The van der Waals surface area contributed by atoms with E-state index < -0.39 is 7.12 Å². The fraction of sp³-hybridized carbons (Fsp3) is 0.692. The first-order chi connectivity index (χ1) is 9.81. The molecule has 0 unspecified atom stereocenters. The predicted molar refractivity (Wildman–Crippen MR) is 78.5 cm³/mol. The summed E-state index contributed by atoms with van der Waals surface area (Å²) >= 11 is 0. The highest BCUT2D eigenvalue weighted by molar-refractivity contribution is 6.57. The summed E-state index contributed by atoms with van der Waals surface area (Å²) in [5, 5.41) is 22.5. The number of anilines is 1. The van der Waals surface area contributed by atoms with Crippen LogP contribution in [0.15, 0.2) is 10.9 Å². The molecule has 2 atom stereocenters. The van der Waals surface area contributed by atoms with Gasteiger partial charge in [0.1, 0.15) is 5.69 Å². The van der Waals surface area contributed by atoms with Crippen molar-refractivity contribution in [3.05, 3.63) is 16.4 Å². The first kappa shape index (κ1) is 14.6. The third kappa shape index (κ3) is 2.27.